The monoisotopic (exact) mass is 139 g/mol. The summed E-state index contributed by atoms with van der Waals surface area (Å²) in [7, 11) is 1.69. The van der Waals surface area contributed by atoms with Crippen molar-refractivity contribution in [3.63, 3.8) is 0 Å². The van der Waals surface area contributed by atoms with Crippen molar-refractivity contribution in [2.24, 2.45) is 7.05 Å². The first-order valence-corrected chi connectivity index (χ1v) is 2.74. The lowest BCUT2D eigenvalue weighted by molar-refractivity contribution is 0.794. The number of nitrogens with one attached hydrogen (secondary N) is 1. The number of hydrogen-bond acceptors (Lipinski definition) is 4. The van der Waals surface area contributed by atoms with Crippen LogP contribution < -0.4 is 17.0 Å². The fourth-order valence-corrected chi connectivity index (χ4v) is 0.587. The summed E-state index contributed by atoms with van der Waals surface area (Å²) in [5.41, 5.74) is 11.1. The highest BCUT2D eigenvalue weighted by Gasteiger charge is 1.97. The van der Waals surface area contributed by atoms with Crippen molar-refractivity contribution in [1.29, 1.82) is 5.41 Å². The Balaban J connectivity index is 3.50. The van der Waals surface area contributed by atoms with Gasteiger partial charge in [0.15, 0.2) is 11.3 Å². The molecule has 5 N–H and O–H groups in total. The minimum Gasteiger partial charge on any atom is -0.393 e. The van der Waals surface area contributed by atoms with Gasteiger partial charge in [0.2, 0.25) is 0 Å². The van der Waals surface area contributed by atoms with Gasteiger partial charge in [-0.1, -0.05) is 0 Å². The summed E-state index contributed by atoms with van der Waals surface area (Å²) in [6.07, 6.45) is 1.45. The maximum Gasteiger partial charge on any atom is 0.153 e. The predicted molar refractivity (Wildman–Crippen MR) is 37.9 cm³/mol. The molecule has 0 amide bonds. The van der Waals surface area contributed by atoms with E-state index in [0.717, 1.165) is 0 Å². The van der Waals surface area contributed by atoms with Gasteiger partial charge in [0.1, 0.15) is 5.69 Å². The molecule has 5 heteroatoms. The average molecular weight is 139 g/mol. The topological polar surface area (TPSA) is 93.7 Å². The van der Waals surface area contributed by atoms with Crippen LogP contribution in [0.4, 0.5) is 11.5 Å². The molecule has 1 heterocycles. The van der Waals surface area contributed by atoms with E-state index in [0.29, 0.717) is 0 Å². The molecule has 0 fully saturated rings. The van der Waals surface area contributed by atoms with E-state index < -0.39 is 0 Å². The molecular formula is C5H9N5. The van der Waals surface area contributed by atoms with E-state index in [9.17, 15) is 0 Å². The zero-order valence-electron chi connectivity index (χ0n) is 5.63. The molecular weight excluding hydrogens is 130 g/mol. The SMILES string of the molecule is Cn1cnc(N)c(N)c1=N. The summed E-state index contributed by atoms with van der Waals surface area (Å²) in [5, 5.41) is 7.30. The van der Waals surface area contributed by atoms with Crippen LogP contribution >= 0.6 is 0 Å². The smallest absolute Gasteiger partial charge is 0.153 e. The second-order valence-electron chi connectivity index (χ2n) is 2.00. The second kappa shape index (κ2) is 2.02. The highest BCUT2D eigenvalue weighted by molar-refractivity contribution is 5.54. The van der Waals surface area contributed by atoms with Crippen LogP contribution in [-0.2, 0) is 7.05 Å². The Labute approximate surface area is 57.8 Å². The van der Waals surface area contributed by atoms with Crippen LogP contribution in [0.15, 0.2) is 6.33 Å². The molecule has 0 aliphatic rings. The summed E-state index contributed by atoms with van der Waals surface area (Å²) >= 11 is 0. The summed E-state index contributed by atoms with van der Waals surface area (Å²) in [4.78, 5) is 3.73. The van der Waals surface area contributed by atoms with Gasteiger partial charge in [-0.25, -0.2) is 4.98 Å². The number of aromatic nitrogens is 2. The van der Waals surface area contributed by atoms with Gasteiger partial charge < -0.3 is 16.0 Å². The highest BCUT2D eigenvalue weighted by atomic mass is 15.0. The van der Waals surface area contributed by atoms with Crippen LogP contribution in [0.5, 0.6) is 0 Å². The number of nitrogens with zero attached hydrogens (tertiary/aromatic N) is 2. The molecule has 0 bridgehead atoms. The molecule has 1 rings (SSSR count). The van der Waals surface area contributed by atoms with Crippen molar-refractivity contribution in [1.82, 2.24) is 9.55 Å². The standard InChI is InChI=1S/C5H9N5/c1-10-2-9-4(7)3(6)5(10)8/h2,8H,6-7H2,1H3. The van der Waals surface area contributed by atoms with E-state index in [1.807, 2.05) is 0 Å². The van der Waals surface area contributed by atoms with Crippen LogP contribution in [0.25, 0.3) is 0 Å². The largest absolute Gasteiger partial charge is 0.393 e. The molecule has 0 spiro atoms. The summed E-state index contributed by atoms with van der Waals surface area (Å²) < 4.78 is 1.49. The number of hydrogen-bond donors (Lipinski definition) is 3. The van der Waals surface area contributed by atoms with Crippen molar-refractivity contribution in [3.05, 3.63) is 11.8 Å². The average Bonchev–Trinajstić information content (AvgIpc) is 1.93. The van der Waals surface area contributed by atoms with E-state index in [-0.39, 0.29) is 17.0 Å². The van der Waals surface area contributed by atoms with Crippen molar-refractivity contribution < 1.29 is 0 Å². The fourth-order valence-electron chi connectivity index (χ4n) is 0.587. The molecule has 0 aliphatic carbocycles. The number of aryl methyl sites for hydroxylation is 1. The number of rotatable bonds is 0. The Morgan fingerprint density at radius 1 is 1.60 bits per heavy atom. The van der Waals surface area contributed by atoms with Crippen molar-refractivity contribution in [2.45, 2.75) is 0 Å². The molecule has 0 aliphatic heterocycles. The zero-order chi connectivity index (χ0) is 7.72. The quantitative estimate of drug-likeness (QED) is 0.433. The molecule has 0 radical (unpaired) electrons. The van der Waals surface area contributed by atoms with Crippen LogP contribution in [0.1, 0.15) is 0 Å². The number of nitrogen functional groups attached to an aromatic ring is 2. The Morgan fingerprint density at radius 2 is 2.20 bits per heavy atom. The molecule has 0 saturated carbocycles. The van der Waals surface area contributed by atoms with Crippen molar-refractivity contribution in [3.8, 4) is 0 Å². The summed E-state index contributed by atoms with van der Waals surface area (Å²) in [6, 6.07) is 0. The van der Waals surface area contributed by atoms with E-state index in [2.05, 4.69) is 4.98 Å². The number of nitrogens with two attached hydrogens (primary N) is 2. The normalized spacial score (nSPS) is 9.70. The van der Waals surface area contributed by atoms with Crippen molar-refractivity contribution in [2.75, 3.05) is 11.5 Å². The molecule has 1 aromatic heterocycles. The Kier molecular flexibility index (Phi) is 1.33. The third-order valence-electron chi connectivity index (χ3n) is 1.25. The molecule has 5 nitrogen and oxygen atoms in total. The minimum atomic E-state index is 0.188. The molecule has 10 heavy (non-hydrogen) atoms. The molecule has 0 unspecified atom stereocenters. The lowest BCUT2D eigenvalue weighted by Crippen LogP contribution is -2.22. The molecule has 54 valence electrons. The minimum absolute atomic E-state index is 0.188. The molecule has 0 saturated heterocycles. The fraction of sp³-hybridized carbons (Fsp3) is 0.200. The van der Waals surface area contributed by atoms with E-state index >= 15 is 0 Å². The first-order chi connectivity index (χ1) is 4.63. The van der Waals surface area contributed by atoms with E-state index in [4.69, 9.17) is 16.9 Å². The van der Waals surface area contributed by atoms with E-state index in [1.165, 1.54) is 10.9 Å². The van der Waals surface area contributed by atoms with Gasteiger partial charge in [-0.05, 0) is 0 Å². The third-order valence-corrected chi connectivity index (χ3v) is 1.25. The van der Waals surface area contributed by atoms with Crippen LogP contribution in [-0.4, -0.2) is 9.55 Å². The van der Waals surface area contributed by atoms with Gasteiger partial charge >= 0.3 is 0 Å². The van der Waals surface area contributed by atoms with Gasteiger partial charge in [0.25, 0.3) is 0 Å². The van der Waals surface area contributed by atoms with Crippen LogP contribution in [0.2, 0.25) is 0 Å². The molecule has 1 aromatic rings. The highest BCUT2D eigenvalue weighted by Crippen LogP contribution is 1.99. The first-order valence-electron chi connectivity index (χ1n) is 2.74. The Bertz CT molecular complexity index is 299. The maximum absolute atomic E-state index is 7.30. The van der Waals surface area contributed by atoms with Gasteiger partial charge in [-0.2, -0.15) is 0 Å². The summed E-state index contributed by atoms with van der Waals surface area (Å²) in [5.74, 6) is 0.211. The van der Waals surface area contributed by atoms with Gasteiger partial charge in [0, 0.05) is 7.05 Å². The van der Waals surface area contributed by atoms with Crippen molar-refractivity contribution >= 4 is 11.5 Å². The lowest BCUT2D eigenvalue weighted by Gasteiger charge is -2.01. The molecule has 0 aromatic carbocycles. The van der Waals surface area contributed by atoms with Crippen LogP contribution in [0.3, 0.4) is 0 Å². The summed E-state index contributed by atoms with van der Waals surface area (Å²) in [6.45, 7) is 0. The van der Waals surface area contributed by atoms with Gasteiger partial charge in [-0.3, -0.25) is 5.41 Å². The third kappa shape index (κ3) is 0.812. The van der Waals surface area contributed by atoms with Gasteiger partial charge in [0.05, 0.1) is 6.33 Å². The zero-order valence-corrected chi connectivity index (χ0v) is 5.63. The second-order valence-corrected chi connectivity index (χ2v) is 2.00. The predicted octanol–water partition coefficient (Wildman–Crippen LogP) is -0.936. The molecule has 0 atom stereocenters. The van der Waals surface area contributed by atoms with Gasteiger partial charge in [-0.15, -0.1) is 0 Å². The number of anilines is 2. The maximum atomic E-state index is 7.30. The Morgan fingerprint density at radius 3 is 2.70 bits per heavy atom. The van der Waals surface area contributed by atoms with E-state index in [1.54, 1.807) is 7.05 Å². The first kappa shape index (κ1) is 6.60. The lowest BCUT2D eigenvalue weighted by atomic mass is 10.5. The Hall–Kier alpha value is -1.52. The van der Waals surface area contributed by atoms with Crippen LogP contribution in [0, 0.1) is 5.41 Å².